The molecule has 1 amide bonds. The largest absolute Gasteiger partial charge is 0.497 e. The number of hydrogen-bond acceptors (Lipinski definition) is 3. The molecule has 1 aromatic carbocycles. The van der Waals surface area contributed by atoms with Crippen LogP contribution in [-0.2, 0) is 4.79 Å². The van der Waals surface area contributed by atoms with Crippen LogP contribution in [0.25, 0.3) is 0 Å². The van der Waals surface area contributed by atoms with Crippen LogP contribution in [0.1, 0.15) is 50.1 Å². The topological polar surface area (TPSA) is 32.8 Å². The average molecular weight is 316 g/mol. The van der Waals surface area contributed by atoms with Crippen molar-refractivity contribution in [1.29, 1.82) is 0 Å². The molecule has 0 aliphatic carbocycles. The minimum atomic E-state index is 0.334. The van der Waals surface area contributed by atoms with E-state index in [0.29, 0.717) is 11.9 Å². The van der Waals surface area contributed by atoms with E-state index in [1.165, 1.54) is 31.2 Å². The third kappa shape index (κ3) is 4.05. The lowest BCUT2D eigenvalue weighted by atomic mass is 10.0. The first-order valence-electron chi connectivity index (χ1n) is 8.94. The van der Waals surface area contributed by atoms with Crippen LogP contribution in [0.15, 0.2) is 24.3 Å². The minimum absolute atomic E-state index is 0.334. The fourth-order valence-electron chi connectivity index (χ4n) is 3.83. The molecule has 2 aliphatic rings. The molecular formula is C19H28N2O2. The zero-order valence-electron chi connectivity index (χ0n) is 14.2. The molecule has 0 aromatic heterocycles. The number of benzene rings is 1. The molecule has 4 heteroatoms. The predicted octanol–water partition coefficient (Wildman–Crippen LogP) is 3.23. The zero-order valence-corrected chi connectivity index (χ0v) is 14.2. The van der Waals surface area contributed by atoms with Gasteiger partial charge in [0.15, 0.2) is 0 Å². The van der Waals surface area contributed by atoms with Crippen LogP contribution in [0.2, 0.25) is 0 Å². The summed E-state index contributed by atoms with van der Waals surface area (Å²) in [5.74, 6) is 1.25. The second-order valence-corrected chi connectivity index (χ2v) is 6.66. The van der Waals surface area contributed by atoms with Gasteiger partial charge in [-0.2, -0.15) is 0 Å². The van der Waals surface area contributed by atoms with Crippen molar-refractivity contribution in [2.75, 3.05) is 33.3 Å². The Morgan fingerprint density at radius 2 is 1.87 bits per heavy atom. The van der Waals surface area contributed by atoms with Crippen LogP contribution in [0.4, 0.5) is 0 Å². The molecular weight excluding hydrogens is 288 g/mol. The van der Waals surface area contributed by atoms with Crippen molar-refractivity contribution in [2.24, 2.45) is 0 Å². The van der Waals surface area contributed by atoms with Gasteiger partial charge in [-0.25, -0.2) is 0 Å². The fourth-order valence-corrected chi connectivity index (χ4v) is 3.83. The zero-order chi connectivity index (χ0) is 16.1. The maximum absolute atomic E-state index is 11.8. The summed E-state index contributed by atoms with van der Waals surface area (Å²) in [4.78, 5) is 16.5. The van der Waals surface area contributed by atoms with Crippen LogP contribution < -0.4 is 4.74 Å². The van der Waals surface area contributed by atoms with Crippen molar-refractivity contribution < 1.29 is 9.53 Å². The lowest BCUT2D eigenvalue weighted by molar-refractivity contribution is -0.127. The predicted molar refractivity (Wildman–Crippen MR) is 91.6 cm³/mol. The quantitative estimate of drug-likeness (QED) is 0.836. The highest BCUT2D eigenvalue weighted by Gasteiger charge is 2.25. The molecule has 2 heterocycles. The normalized spacial score (nSPS) is 23.1. The third-order valence-electron chi connectivity index (χ3n) is 5.19. The number of likely N-dealkylation sites (tertiary alicyclic amines) is 2. The SMILES string of the molecule is COc1ccc(C2CCCCCN2CCN2CCCC2=O)cc1. The van der Waals surface area contributed by atoms with E-state index in [4.69, 9.17) is 4.74 Å². The van der Waals surface area contributed by atoms with Gasteiger partial charge in [-0.15, -0.1) is 0 Å². The summed E-state index contributed by atoms with van der Waals surface area (Å²) in [6.07, 6.45) is 6.84. The van der Waals surface area contributed by atoms with E-state index in [0.717, 1.165) is 44.8 Å². The van der Waals surface area contributed by atoms with Gasteiger partial charge in [0.1, 0.15) is 5.75 Å². The van der Waals surface area contributed by atoms with Gasteiger partial charge in [0, 0.05) is 32.1 Å². The second kappa shape index (κ2) is 7.82. The Morgan fingerprint density at radius 1 is 1.04 bits per heavy atom. The maximum Gasteiger partial charge on any atom is 0.222 e. The lowest BCUT2D eigenvalue weighted by Crippen LogP contribution is -2.37. The Kier molecular flexibility index (Phi) is 5.55. The van der Waals surface area contributed by atoms with Gasteiger partial charge >= 0.3 is 0 Å². The Labute approximate surface area is 139 Å². The van der Waals surface area contributed by atoms with Crippen LogP contribution in [0.3, 0.4) is 0 Å². The monoisotopic (exact) mass is 316 g/mol. The van der Waals surface area contributed by atoms with Gasteiger partial charge in [0.2, 0.25) is 5.91 Å². The number of ether oxygens (including phenoxy) is 1. The molecule has 23 heavy (non-hydrogen) atoms. The maximum atomic E-state index is 11.8. The Bertz CT molecular complexity index is 515. The second-order valence-electron chi connectivity index (χ2n) is 6.66. The lowest BCUT2D eigenvalue weighted by Gasteiger charge is -2.32. The highest BCUT2D eigenvalue weighted by molar-refractivity contribution is 5.78. The minimum Gasteiger partial charge on any atom is -0.497 e. The van der Waals surface area contributed by atoms with E-state index in [1.54, 1.807) is 7.11 Å². The van der Waals surface area contributed by atoms with Crippen molar-refractivity contribution in [3.63, 3.8) is 0 Å². The summed E-state index contributed by atoms with van der Waals surface area (Å²) in [7, 11) is 1.71. The Hall–Kier alpha value is -1.55. The molecule has 2 saturated heterocycles. The molecule has 126 valence electrons. The molecule has 3 rings (SSSR count). The van der Waals surface area contributed by atoms with E-state index in [-0.39, 0.29) is 0 Å². The smallest absolute Gasteiger partial charge is 0.222 e. The van der Waals surface area contributed by atoms with E-state index < -0.39 is 0 Å². The first-order valence-corrected chi connectivity index (χ1v) is 8.94. The van der Waals surface area contributed by atoms with Gasteiger partial charge in [-0.3, -0.25) is 9.69 Å². The highest BCUT2D eigenvalue weighted by atomic mass is 16.5. The van der Waals surface area contributed by atoms with E-state index >= 15 is 0 Å². The van der Waals surface area contributed by atoms with Crippen molar-refractivity contribution >= 4 is 5.91 Å². The Morgan fingerprint density at radius 3 is 2.57 bits per heavy atom. The standard InChI is InChI=1S/C19H28N2O2/c1-23-17-10-8-16(9-11-17)18-6-3-2-4-12-20(18)14-15-21-13-5-7-19(21)22/h8-11,18H,2-7,12-15H2,1H3. The first kappa shape index (κ1) is 16.3. The van der Waals surface area contributed by atoms with Crippen molar-refractivity contribution in [1.82, 2.24) is 9.80 Å². The van der Waals surface area contributed by atoms with E-state index in [9.17, 15) is 4.79 Å². The number of amides is 1. The molecule has 0 bridgehead atoms. The number of methoxy groups -OCH3 is 1. The van der Waals surface area contributed by atoms with Crippen LogP contribution >= 0.6 is 0 Å². The van der Waals surface area contributed by atoms with Gasteiger partial charge < -0.3 is 9.64 Å². The molecule has 2 aliphatic heterocycles. The molecule has 2 fully saturated rings. The number of rotatable bonds is 5. The summed E-state index contributed by atoms with van der Waals surface area (Å²) in [6.45, 7) is 3.95. The molecule has 1 aromatic rings. The van der Waals surface area contributed by atoms with E-state index in [2.05, 4.69) is 29.2 Å². The fraction of sp³-hybridized carbons (Fsp3) is 0.632. The van der Waals surface area contributed by atoms with Crippen LogP contribution in [-0.4, -0.2) is 49.0 Å². The van der Waals surface area contributed by atoms with Crippen LogP contribution in [0, 0.1) is 0 Å². The van der Waals surface area contributed by atoms with Gasteiger partial charge in [-0.1, -0.05) is 25.0 Å². The summed E-state index contributed by atoms with van der Waals surface area (Å²) >= 11 is 0. The molecule has 4 nitrogen and oxygen atoms in total. The van der Waals surface area contributed by atoms with Gasteiger partial charge in [0.05, 0.1) is 7.11 Å². The molecule has 1 unspecified atom stereocenters. The summed E-state index contributed by atoms with van der Waals surface area (Å²) in [5.41, 5.74) is 1.38. The molecule has 0 N–H and O–H groups in total. The summed E-state index contributed by atoms with van der Waals surface area (Å²) in [5, 5.41) is 0. The third-order valence-corrected chi connectivity index (χ3v) is 5.19. The van der Waals surface area contributed by atoms with Crippen molar-refractivity contribution in [3.05, 3.63) is 29.8 Å². The summed E-state index contributed by atoms with van der Waals surface area (Å²) < 4.78 is 5.28. The Balaban J connectivity index is 1.67. The molecule has 0 saturated carbocycles. The van der Waals surface area contributed by atoms with E-state index in [1.807, 2.05) is 4.90 Å². The summed E-state index contributed by atoms with van der Waals surface area (Å²) in [6, 6.07) is 8.98. The van der Waals surface area contributed by atoms with Crippen molar-refractivity contribution in [3.8, 4) is 5.75 Å². The van der Waals surface area contributed by atoms with Gasteiger partial charge in [-0.05, 0) is 43.5 Å². The first-order chi connectivity index (χ1) is 11.3. The van der Waals surface area contributed by atoms with Crippen LogP contribution in [0.5, 0.6) is 5.75 Å². The number of carbonyl (C=O) groups excluding carboxylic acids is 1. The molecule has 0 spiro atoms. The highest BCUT2D eigenvalue weighted by Crippen LogP contribution is 2.31. The van der Waals surface area contributed by atoms with Crippen molar-refractivity contribution in [2.45, 2.75) is 44.6 Å². The molecule has 1 atom stereocenters. The van der Waals surface area contributed by atoms with Gasteiger partial charge in [0.25, 0.3) is 0 Å². The molecule has 0 radical (unpaired) electrons. The number of hydrogen-bond donors (Lipinski definition) is 0. The number of nitrogens with zero attached hydrogens (tertiary/aromatic N) is 2. The average Bonchev–Trinajstić information content (AvgIpc) is 2.85. The number of carbonyl (C=O) groups is 1.